The second kappa shape index (κ2) is 6.54. The monoisotopic (exact) mass is 360 g/mol. The van der Waals surface area contributed by atoms with Crippen molar-refractivity contribution in [3.05, 3.63) is 96.7 Å². The lowest BCUT2D eigenvalue weighted by molar-refractivity contribution is 0.909. The Kier molecular flexibility index (Phi) is 4.21. The quantitative estimate of drug-likeness (QED) is 0.496. The van der Waals surface area contributed by atoms with E-state index in [0.717, 1.165) is 12.0 Å². The van der Waals surface area contributed by atoms with E-state index in [-0.39, 0.29) is 11.6 Å². The van der Waals surface area contributed by atoms with Gasteiger partial charge in [0.05, 0.1) is 0 Å². The summed E-state index contributed by atoms with van der Waals surface area (Å²) < 4.78 is 0.484. The predicted octanol–water partition coefficient (Wildman–Crippen LogP) is 4.97. The van der Waals surface area contributed by atoms with Gasteiger partial charge in [0, 0.05) is 17.7 Å². The van der Waals surface area contributed by atoms with Crippen LogP contribution in [0.3, 0.4) is 0 Å². The van der Waals surface area contributed by atoms with Crippen LogP contribution in [0.15, 0.2) is 47.4 Å². The molecule has 1 heterocycles. The molecule has 3 nitrogen and oxygen atoms in total. The van der Waals surface area contributed by atoms with Crippen LogP contribution in [-0.4, -0.2) is 9.97 Å². The van der Waals surface area contributed by atoms with Crippen LogP contribution >= 0.6 is 12.2 Å². The third-order valence-corrected chi connectivity index (χ3v) is 5.36. The molecule has 0 saturated heterocycles. The van der Waals surface area contributed by atoms with Gasteiger partial charge in [-0.05, 0) is 41.2 Å². The molecule has 1 unspecified atom stereocenters. The van der Waals surface area contributed by atoms with Gasteiger partial charge in [0.1, 0.15) is 4.64 Å². The highest BCUT2D eigenvalue weighted by atomic mass is 32.1. The summed E-state index contributed by atoms with van der Waals surface area (Å²) in [7, 11) is 0. The summed E-state index contributed by atoms with van der Waals surface area (Å²) in [6.45, 7) is 4.26. The van der Waals surface area contributed by atoms with Gasteiger partial charge in [-0.25, -0.2) is 4.79 Å². The van der Waals surface area contributed by atoms with E-state index in [1.54, 1.807) is 6.20 Å². The number of H-pyrrole nitrogens is 2. The zero-order valence-electron chi connectivity index (χ0n) is 14.8. The summed E-state index contributed by atoms with van der Waals surface area (Å²) >= 11 is 5.50. The average Bonchev–Trinajstić information content (AvgIpc) is 2.78. The second-order valence-electron chi connectivity index (χ2n) is 6.74. The molecule has 2 N–H and O–H groups in total. The van der Waals surface area contributed by atoms with Gasteiger partial charge in [0.25, 0.3) is 0 Å². The van der Waals surface area contributed by atoms with Gasteiger partial charge in [-0.2, -0.15) is 0 Å². The maximum atomic E-state index is 11.6. The Bertz CT molecular complexity index is 1140. The number of hydrogen-bond donors (Lipinski definition) is 2. The molecule has 1 atom stereocenters. The first-order valence-corrected chi connectivity index (χ1v) is 9.21. The smallest absolute Gasteiger partial charge is 0.314 e. The van der Waals surface area contributed by atoms with Crippen molar-refractivity contribution in [3.8, 4) is 0 Å². The minimum atomic E-state index is -0.281. The molecule has 1 aromatic heterocycles. The number of aromatic nitrogens is 2. The van der Waals surface area contributed by atoms with E-state index >= 15 is 0 Å². The minimum absolute atomic E-state index is 0.0258. The summed E-state index contributed by atoms with van der Waals surface area (Å²) in [5.74, 6) is -0.0258. The number of aryl methyl sites for hydroxylation is 2. The largest absolute Gasteiger partial charge is 0.323 e. The lowest BCUT2D eigenvalue weighted by atomic mass is 9.82. The standard InChI is InChI=1S/C22H20N2OS/c1-3-14-5-9-18-16(11-14)7-6-15-10-13(2)4-8-17(15)20(18)19-12-23-22(25)24-21(19)26/h4-12,20H,3H2,1-2H3,(H2,23,24,25,26). The van der Waals surface area contributed by atoms with Crippen molar-refractivity contribution < 1.29 is 0 Å². The van der Waals surface area contributed by atoms with E-state index in [0.29, 0.717) is 4.64 Å². The van der Waals surface area contributed by atoms with Crippen LogP contribution in [0.1, 0.15) is 51.8 Å². The van der Waals surface area contributed by atoms with Gasteiger partial charge in [0.15, 0.2) is 0 Å². The average molecular weight is 360 g/mol. The Morgan fingerprint density at radius 2 is 1.69 bits per heavy atom. The van der Waals surface area contributed by atoms with E-state index < -0.39 is 0 Å². The molecule has 2 aromatic carbocycles. The molecule has 4 rings (SSSR count). The van der Waals surface area contributed by atoms with Crippen LogP contribution in [0, 0.1) is 11.6 Å². The third-order valence-electron chi connectivity index (χ3n) is 5.03. The zero-order valence-corrected chi connectivity index (χ0v) is 15.6. The molecule has 0 aliphatic heterocycles. The van der Waals surface area contributed by atoms with E-state index in [9.17, 15) is 4.79 Å². The van der Waals surface area contributed by atoms with E-state index in [1.165, 1.54) is 33.4 Å². The van der Waals surface area contributed by atoms with Crippen molar-refractivity contribution in [1.29, 1.82) is 0 Å². The molecule has 4 heteroatoms. The molecule has 1 aliphatic rings. The van der Waals surface area contributed by atoms with Crippen molar-refractivity contribution in [3.63, 3.8) is 0 Å². The highest BCUT2D eigenvalue weighted by molar-refractivity contribution is 7.71. The summed E-state index contributed by atoms with van der Waals surface area (Å²) in [5.41, 5.74) is 7.94. The fourth-order valence-electron chi connectivity index (χ4n) is 3.67. The van der Waals surface area contributed by atoms with Crippen molar-refractivity contribution in [1.82, 2.24) is 9.97 Å². The first-order valence-electron chi connectivity index (χ1n) is 8.80. The molecule has 130 valence electrons. The number of rotatable bonds is 2. The van der Waals surface area contributed by atoms with Gasteiger partial charge in [-0.15, -0.1) is 0 Å². The highest BCUT2D eigenvalue weighted by Gasteiger charge is 2.25. The molecule has 0 amide bonds. The topological polar surface area (TPSA) is 48.6 Å². The van der Waals surface area contributed by atoms with Crippen LogP contribution in [-0.2, 0) is 6.42 Å². The maximum absolute atomic E-state index is 11.6. The van der Waals surface area contributed by atoms with Crippen LogP contribution in [0.4, 0.5) is 0 Å². The number of aromatic amines is 2. The number of fused-ring (bicyclic) bond motifs is 2. The summed E-state index contributed by atoms with van der Waals surface area (Å²) in [4.78, 5) is 17.1. The Hall–Kier alpha value is -2.72. The number of hydrogen-bond acceptors (Lipinski definition) is 2. The Morgan fingerprint density at radius 3 is 2.38 bits per heavy atom. The summed E-state index contributed by atoms with van der Waals surface area (Å²) in [6, 6.07) is 13.1. The van der Waals surface area contributed by atoms with Crippen LogP contribution < -0.4 is 5.69 Å². The van der Waals surface area contributed by atoms with Crippen molar-refractivity contribution in [2.75, 3.05) is 0 Å². The molecule has 0 spiro atoms. The van der Waals surface area contributed by atoms with Crippen LogP contribution in [0.2, 0.25) is 0 Å². The van der Waals surface area contributed by atoms with Crippen LogP contribution in [0.25, 0.3) is 12.2 Å². The van der Waals surface area contributed by atoms with Gasteiger partial charge >= 0.3 is 5.69 Å². The molecule has 3 aromatic rings. The third kappa shape index (κ3) is 2.86. The van der Waals surface area contributed by atoms with E-state index in [1.807, 2.05) is 0 Å². The minimum Gasteiger partial charge on any atom is -0.314 e. The summed E-state index contributed by atoms with van der Waals surface area (Å²) in [6.07, 6.45) is 7.11. The second-order valence-corrected chi connectivity index (χ2v) is 7.15. The van der Waals surface area contributed by atoms with Gasteiger partial charge < -0.3 is 4.98 Å². The van der Waals surface area contributed by atoms with Gasteiger partial charge in [0.2, 0.25) is 0 Å². The molecule has 0 fully saturated rings. The normalized spacial score (nSPS) is 15.2. The Labute approximate surface area is 157 Å². The molecule has 0 radical (unpaired) electrons. The molecular weight excluding hydrogens is 340 g/mol. The van der Waals surface area contributed by atoms with Crippen molar-refractivity contribution in [2.45, 2.75) is 26.2 Å². The Balaban J connectivity index is 2.04. The lowest BCUT2D eigenvalue weighted by Crippen LogP contribution is -2.15. The van der Waals surface area contributed by atoms with Gasteiger partial charge in [-0.1, -0.05) is 73.3 Å². The fourth-order valence-corrected chi connectivity index (χ4v) is 3.94. The summed E-state index contributed by atoms with van der Waals surface area (Å²) in [5, 5.41) is 0. The van der Waals surface area contributed by atoms with Gasteiger partial charge in [-0.3, -0.25) is 4.98 Å². The predicted molar refractivity (Wildman–Crippen MR) is 109 cm³/mol. The first kappa shape index (κ1) is 16.7. The molecule has 26 heavy (non-hydrogen) atoms. The molecular formula is C22H20N2OS. The SMILES string of the molecule is CCc1ccc2c(c1)C=Cc1cc(C)ccc1C2c1c[nH]c(=O)[nH]c1=S. The van der Waals surface area contributed by atoms with E-state index in [2.05, 4.69) is 72.4 Å². The zero-order chi connectivity index (χ0) is 18.3. The number of nitrogens with one attached hydrogen (secondary N) is 2. The lowest BCUT2D eigenvalue weighted by Gasteiger charge is -2.21. The van der Waals surface area contributed by atoms with Crippen molar-refractivity contribution >= 4 is 24.4 Å². The molecule has 1 aliphatic carbocycles. The maximum Gasteiger partial charge on any atom is 0.323 e. The molecule has 0 saturated carbocycles. The first-order chi connectivity index (χ1) is 12.6. The Morgan fingerprint density at radius 1 is 1.00 bits per heavy atom. The number of benzene rings is 2. The molecule has 0 bridgehead atoms. The van der Waals surface area contributed by atoms with Crippen LogP contribution in [0.5, 0.6) is 0 Å². The van der Waals surface area contributed by atoms with E-state index in [4.69, 9.17) is 12.2 Å². The highest BCUT2D eigenvalue weighted by Crippen LogP contribution is 2.39. The van der Waals surface area contributed by atoms with Crippen molar-refractivity contribution in [2.24, 2.45) is 0 Å². The fraction of sp³-hybridized carbons (Fsp3) is 0.182.